The van der Waals surface area contributed by atoms with Crippen molar-refractivity contribution < 1.29 is 62.7 Å². The van der Waals surface area contributed by atoms with Crippen molar-refractivity contribution in [1.29, 1.82) is 0 Å². The number of ether oxygens (including phenoxy) is 4. The molecule has 17 nitrogen and oxygen atoms in total. The van der Waals surface area contributed by atoms with Crippen LogP contribution in [-0.4, -0.2) is 128 Å². The van der Waals surface area contributed by atoms with Gasteiger partial charge in [0.05, 0.1) is 39.6 Å². The number of hydrogen-bond acceptors (Lipinski definition) is 11. The molecule has 0 aromatic carbocycles. The Morgan fingerprint density at radius 2 is 0.952 bits per heavy atom. The Kier molecular flexibility index (Phi) is 37.4. The first-order valence-corrected chi connectivity index (χ1v) is 24.6. The molecule has 0 aromatic heterocycles. The number of hydrogen-bond donors (Lipinski definition) is 6. The van der Waals surface area contributed by atoms with E-state index in [1.807, 2.05) is 0 Å². The first-order valence-electron chi connectivity index (χ1n) is 23.5. The quantitative estimate of drug-likeness (QED) is 0.0247. The van der Waals surface area contributed by atoms with Gasteiger partial charge in [0.15, 0.2) is 0 Å². The molecule has 18 heteroatoms. The van der Waals surface area contributed by atoms with Gasteiger partial charge in [-0.05, 0) is 50.9 Å². The number of halogens is 1. The summed E-state index contributed by atoms with van der Waals surface area (Å²) in [5, 5.41) is 29.3. The molecule has 0 bridgehead atoms. The summed E-state index contributed by atoms with van der Waals surface area (Å²) in [6.07, 6.45) is 22.3. The largest absolute Gasteiger partial charge is 0.481 e. The van der Waals surface area contributed by atoms with Crippen molar-refractivity contribution in [1.82, 2.24) is 21.3 Å². The fourth-order valence-electron chi connectivity index (χ4n) is 7.26. The van der Waals surface area contributed by atoms with E-state index in [1.54, 1.807) is 22.6 Å². The Hall–Kier alpha value is -2.94. The van der Waals surface area contributed by atoms with Gasteiger partial charge in [0.1, 0.15) is 19.3 Å². The summed E-state index contributed by atoms with van der Waals surface area (Å²) in [6, 6.07) is -1.18. The molecule has 1 rings (SSSR count). The predicted octanol–water partition coefficient (Wildman–Crippen LogP) is 5.63. The van der Waals surface area contributed by atoms with Crippen molar-refractivity contribution in [2.24, 2.45) is 11.8 Å². The highest BCUT2D eigenvalue weighted by atomic mass is 127. The van der Waals surface area contributed by atoms with Crippen molar-refractivity contribution >= 4 is 61.9 Å². The number of amides is 4. The summed E-state index contributed by atoms with van der Waals surface area (Å²) in [6.45, 7) is 2.50. The number of carboxylic acids is 2. The summed E-state index contributed by atoms with van der Waals surface area (Å²) in [7, 11) is 0. The maximum absolute atomic E-state index is 12.9. The van der Waals surface area contributed by atoms with Crippen LogP contribution in [-0.2, 0) is 52.5 Å². The van der Waals surface area contributed by atoms with Gasteiger partial charge >= 0.3 is 11.9 Å². The van der Waals surface area contributed by atoms with Gasteiger partial charge in [-0.1, -0.05) is 89.9 Å². The van der Waals surface area contributed by atoms with Crippen LogP contribution >= 0.6 is 22.6 Å². The summed E-state index contributed by atoms with van der Waals surface area (Å²) >= 11 is 1.65. The molecule has 0 spiro atoms. The fraction of sp³-hybridized carbons (Fsp3) is 0.844. The Bertz CT molecular complexity index is 1270. The third-order valence-electron chi connectivity index (χ3n) is 11.0. The second-order valence-electron chi connectivity index (χ2n) is 16.4. The van der Waals surface area contributed by atoms with Gasteiger partial charge in [-0.3, -0.25) is 28.8 Å². The van der Waals surface area contributed by atoms with Crippen molar-refractivity contribution in [2.75, 3.05) is 72.5 Å². The number of carboxylic acid groups (broad SMARTS) is 2. The first kappa shape index (κ1) is 58.1. The topological polar surface area (TPSA) is 245 Å². The molecule has 0 aliphatic heterocycles. The molecule has 1 saturated carbocycles. The van der Waals surface area contributed by atoms with Gasteiger partial charge in [-0.25, -0.2) is 4.79 Å². The molecule has 1 fully saturated rings. The number of rotatable bonds is 43. The minimum atomic E-state index is -1.20. The zero-order chi connectivity index (χ0) is 46.2. The third kappa shape index (κ3) is 37.0. The molecule has 0 heterocycles. The van der Waals surface area contributed by atoms with Crippen LogP contribution in [0.25, 0.3) is 0 Å². The van der Waals surface area contributed by atoms with Gasteiger partial charge in [0.25, 0.3) is 0 Å². The Morgan fingerprint density at radius 3 is 1.44 bits per heavy atom. The zero-order valence-electron chi connectivity index (χ0n) is 37.7. The van der Waals surface area contributed by atoms with E-state index >= 15 is 0 Å². The number of carbonyl (C=O) groups is 7. The van der Waals surface area contributed by atoms with Gasteiger partial charge in [-0.15, -0.1) is 0 Å². The van der Waals surface area contributed by atoms with E-state index in [9.17, 15) is 38.7 Å². The molecule has 1 aliphatic carbocycles. The van der Waals surface area contributed by atoms with Crippen molar-refractivity contribution in [3.63, 3.8) is 0 Å². The minimum Gasteiger partial charge on any atom is -0.481 e. The smallest absolute Gasteiger partial charge is 0.326 e. The van der Waals surface area contributed by atoms with Crippen LogP contribution in [0.2, 0.25) is 0 Å². The van der Waals surface area contributed by atoms with Crippen molar-refractivity contribution in [3.05, 3.63) is 0 Å². The second-order valence-corrected chi connectivity index (χ2v) is 17.6. The average Bonchev–Trinajstić information content (AvgIpc) is 3.25. The number of unbranched alkanes of at least 4 members (excludes halogenated alkanes) is 15. The monoisotopic (exact) mass is 1010 g/mol. The number of aliphatic carboxylic acids is 2. The van der Waals surface area contributed by atoms with E-state index in [2.05, 4.69) is 21.3 Å². The molecular weight excluding hydrogens is 931 g/mol. The molecule has 0 saturated heterocycles. The average molecular weight is 1010 g/mol. The second kappa shape index (κ2) is 40.6. The first-order chi connectivity index (χ1) is 30.5. The van der Waals surface area contributed by atoms with Gasteiger partial charge in [0.2, 0.25) is 27.4 Å². The fourth-order valence-corrected chi connectivity index (χ4v) is 7.48. The van der Waals surface area contributed by atoms with E-state index in [1.165, 1.54) is 64.2 Å². The molecule has 0 radical (unpaired) electrons. The van der Waals surface area contributed by atoms with E-state index in [-0.39, 0.29) is 91.7 Å². The molecule has 63 heavy (non-hydrogen) atoms. The normalized spacial score (nSPS) is 15.3. The van der Waals surface area contributed by atoms with Crippen LogP contribution in [0.4, 0.5) is 0 Å². The highest BCUT2D eigenvalue weighted by Crippen LogP contribution is 2.29. The molecule has 1 atom stereocenters. The van der Waals surface area contributed by atoms with E-state index in [0.717, 1.165) is 51.4 Å². The molecule has 4 amide bonds. The maximum atomic E-state index is 12.9. The Morgan fingerprint density at radius 1 is 0.508 bits per heavy atom. The predicted molar refractivity (Wildman–Crippen MR) is 246 cm³/mol. The van der Waals surface area contributed by atoms with E-state index in [0.29, 0.717) is 58.6 Å². The maximum Gasteiger partial charge on any atom is 0.326 e. The van der Waals surface area contributed by atoms with Crippen molar-refractivity contribution in [2.45, 2.75) is 160 Å². The van der Waals surface area contributed by atoms with E-state index < -0.39 is 18.0 Å². The summed E-state index contributed by atoms with van der Waals surface area (Å²) in [5.41, 5.74) is 0. The summed E-state index contributed by atoms with van der Waals surface area (Å²) < 4.78 is 20.9. The van der Waals surface area contributed by atoms with Gasteiger partial charge in [0, 0.05) is 67.4 Å². The summed E-state index contributed by atoms with van der Waals surface area (Å²) in [4.78, 5) is 82.6. The van der Waals surface area contributed by atoms with E-state index in [4.69, 9.17) is 24.1 Å². The van der Waals surface area contributed by atoms with Crippen LogP contribution in [0, 0.1) is 11.8 Å². The molecule has 6 N–H and O–H groups in total. The molecular formula is C45H79IN4O13. The third-order valence-corrected chi connectivity index (χ3v) is 11.3. The zero-order valence-corrected chi connectivity index (χ0v) is 39.9. The van der Waals surface area contributed by atoms with Crippen LogP contribution in [0.5, 0.6) is 0 Å². The lowest BCUT2D eigenvalue weighted by atomic mass is 9.81. The molecule has 0 unspecified atom stereocenters. The molecule has 1 aliphatic rings. The lowest BCUT2D eigenvalue weighted by Crippen LogP contribution is -2.45. The number of carbonyl (C=O) groups excluding carboxylic acids is 5. The Labute approximate surface area is 388 Å². The van der Waals surface area contributed by atoms with Crippen LogP contribution in [0.1, 0.15) is 154 Å². The van der Waals surface area contributed by atoms with Gasteiger partial charge < -0.3 is 50.4 Å². The highest BCUT2D eigenvalue weighted by Gasteiger charge is 2.29. The van der Waals surface area contributed by atoms with Crippen LogP contribution in [0.15, 0.2) is 0 Å². The van der Waals surface area contributed by atoms with Crippen LogP contribution in [0.3, 0.4) is 0 Å². The SMILES string of the molecule is O=C(O)CCCCCCCCCCCCCCCCCCC(=O)NCC1CCC(C(=O)N[C@@H](CCC(=O)NCCOCCOCC(=O)NCCOCCOCC(=O)I)C(=O)O)CC1. The lowest BCUT2D eigenvalue weighted by molar-refractivity contribution is -0.143. The van der Waals surface area contributed by atoms with Crippen LogP contribution < -0.4 is 21.3 Å². The number of nitrogens with one attached hydrogen (secondary N) is 4. The molecule has 0 aromatic rings. The Balaban J connectivity index is 2.00. The highest BCUT2D eigenvalue weighted by molar-refractivity contribution is 14.1. The lowest BCUT2D eigenvalue weighted by Gasteiger charge is -2.28. The standard InChI is InChI=1S/C45H79IN4O13/c46-39(51)34-62-31-29-61-28-26-48-42(54)35-63-32-30-60-27-25-47-41(53)24-23-38(45(58)59)50-44(57)37-21-19-36(20-22-37)33-49-40(52)17-15-13-11-9-7-5-3-1-2-4-6-8-10-12-14-16-18-43(55)56/h36-38H,1-35H2,(H,47,53)(H,48,54)(H,49,52)(H,50,57)(H,55,56)(H,58,59)/t36?,37?,38-/m0/s1. The minimum absolute atomic E-state index is 0.0383. The van der Waals surface area contributed by atoms with Gasteiger partial charge in [-0.2, -0.15) is 0 Å². The molecule has 364 valence electrons. The van der Waals surface area contributed by atoms with Crippen molar-refractivity contribution in [3.8, 4) is 0 Å². The summed E-state index contributed by atoms with van der Waals surface area (Å²) in [5.74, 6) is -2.81.